The molecule has 0 aliphatic carbocycles. The molecule has 0 saturated heterocycles. The number of nitrogens with zero attached hydrogens (tertiary/aromatic N) is 3. The van der Waals surface area contributed by atoms with E-state index in [-0.39, 0.29) is 6.09 Å². The molecule has 92 valence electrons. The van der Waals surface area contributed by atoms with Gasteiger partial charge in [0.05, 0.1) is 18.8 Å². The summed E-state index contributed by atoms with van der Waals surface area (Å²) in [4.78, 5) is 21.7. The number of carbonyl (C=O) groups is 1. The van der Waals surface area contributed by atoms with Crippen LogP contribution in [0, 0.1) is 0 Å². The van der Waals surface area contributed by atoms with E-state index >= 15 is 0 Å². The number of fused-ring (bicyclic) bond motifs is 1. The van der Waals surface area contributed by atoms with Crippen LogP contribution < -0.4 is 0 Å². The summed E-state index contributed by atoms with van der Waals surface area (Å²) in [5.74, 6) is 0. The van der Waals surface area contributed by atoms with Crippen molar-refractivity contribution < 1.29 is 9.53 Å². The van der Waals surface area contributed by atoms with Gasteiger partial charge in [-0.05, 0) is 36.7 Å². The predicted octanol–water partition coefficient (Wildman–Crippen LogP) is 2.49. The number of amides is 1. The van der Waals surface area contributed by atoms with Gasteiger partial charge in [-0.2, -0.15) is 0 Å². The molecule has 0 spiro atoms. The zero-order chi connectivity index (χ0) is 12.6. The van der Waals surface area contributed by atoms with Crippen LogP contribution in [0.15, 0.2) is 10.9 Å². The Labute approximate surface area is 108 Å². The van der Waals surface area contributed by atoms with E-state index in [9.17, 15) is 4.79 Å². The number of rotatable bonds is 0. The van der Waals surface area contributed by atoms with Crippen LogP contribution in [0.25, 0.3) is 0 Å². The van der Waals surface area contributed by atoms with Gasteiger partial charge < -0.3 is 4.74 Å². The summed E-state index contributed by atoms with van der Waals surface area (Å²) in [6.07, 6.45) is 1.17. The average molecular weight is 300 g/mol. The lowest BCUT2D eigenvalue weighted by Gasteiger charge is -2.23. The first-order valence-corrected chi connectivity index (χ1v) is 6.12. The van der Waals surface area contributed by atoms with E-state index in [1.165, 1.54) is 6.33 Å². The molecule has 0 bridgehead atoms. The molecule has 0 N–H and O–H groups in total. The lowest BCUT2D eigenvalue weighted by molar-refractivity contribution is 0.0240. The van der Waals surface area contributed by atoms with Gasteiger partial charge in [-0.1, -0.05) is 0 Å². The highest BCUT2D eigenvalue weighted by Gasteiger charge is 2.29. The van der Waals surface area contributed by atoms with Crippen LogP contribution in [-0.4, -0.2) is 26.6 Å². The summed E-state index contributed by atoms with van der Waals surface area (Å²) in [5, 5.41) is 0. The number of ether oxygens (including phenoxy) is 1. The van der Waals surface area contributed by atoms with Crippen molar-refractivity contribution in [2.75, 3.05) is 0 Å². The SMILES string of the molecule is CC(C)(C)OC(=O)N1Cc2ncnc(Br)c2C1. The van der Waals surface area contributed by atoms with E-state index in [0.717, 1.165) is 15.9 Å². The van der Waals surface area contributed by atoms with Crippen molar-refractivity contribution in [1.82, 2.24) is 14.9 Å². The largest absolute Gasteiger partial charge is 0.444 e. The van der Waals surface area contributed by atoms with Gasteiger partial charge in [0.15, 0.2) is 0 Å². The Hall–Kier alpha value is -1.17. The predicted molar refractivity (Wildman–Crippen MR) is 65.2 cm³/mol. The summed E-state index contributed by atoms with van der Waals surface area (Å²) in [7, 11) is 0. The molecule has 0 aromatic carbocycles. The Morgan fingerprint density at radius 1 is 1.41 bits per heavy atom. The Bertz CT molecular complexity index is 457. The van der Waals surface area contributed by atoms with Gasteiger partial charge in [-0.3, -0.25) is 4.90 Å². The van der Waals surface area contributed by atoms with Gasteiger partial charge >= 0.3 is 6.09 Å². The van der Waals surface area contributed by atoms with Crippen molar-refractivity contribution in [3.63, 3.8) is 0 Å². The standard InChI is InChI=1S/C11H14BrN3O2/c1-11(2,3)17-10(16)15-4-7-8(5-15)13-6-14-9(7)12/h6H,4-5H2,1-3H3. The normalized spacial score (nSPS) is 14.7. The Morgan fingerprint density at radius 2 is 2.12 bits per heavy atom. The second-order valence-electron chi connectivity index (χ2n) is 4.93. The molecule has 0 atom stereocenters. The number of aromatic nitrogens is 2. The molecule has 2 heterocycles. The minimum atomic E-state index is -0.477. The van der Waals surface area contributed by atoms with Gasteiger partial charge in [0.2, 0.25) is 0 Å². The third-order valence-electron chi connectivity index (χ3n) is 2.32. The summed E-state index contributed by atoms with van der Waals surface area (Å²) < 4.78 is 6.06. The van der Waals surface area contributed by atoms with Crippen molar-refractivity contribution in [2.24, 2.45) is 0 Å². The zero-order valence-electron chi connectivity index (χ0n) is 10.0. The third-order valence-corrected chi connectivity index (χ3v) is 3.01. The topological polar surface area (TPSA) is 55.3 Å². The summed E-state index contributed by atoms with van der Waals surface area (Å²) in [5.41, 5.74) is 1.35. The molecule has 2 rings (SSSR count). The van der Waals surface area contributed by atoms with Gasteiger partial charge in [0.1, 0.15) is 16.5 Å². The molecule has 1 aliphatic heterocycles. The number of carbonyl (C=O) groups excluding carboxylic acids is 1. The molecule has 0 saturated carbocycles. The average Bonchev–Trinajstić information content (AvgIpc) is 2.60. The summed E-state index contributed by atoms with van der Waals surface area (Å²) in [6.45, 7) is 6.52. The second-order valence-corrected chi connectivity index (χ2v) is 5.68. The Kier molecular flexibility index (Phi) is 3.07. The van der Waals surface area contributed by atoms with Crippen LogP contribution in [0.3, 0.4) is 0 Å². The minimum Gasteiger partial charge on any atom is -0.444 e. The van der Waals surface area contributed by atoms with Gasteiger partial charge in [0, 0.05) is 5.56 Å². The lowest BCUT2D eigenvalue weighted by Crippen LogP contribution is -2.33. The Balaban J connectivity index is 2.10. The maximum atomic E-state index is 11.9. The quantitative estimate of drug-likeness (QED) is 0.691. The summed E-state index contributed by atoms with van der Waals surface area (Å²) in [6, 6.07) is 0. The number of halogens is 1. The molecule has 0 fully saturated rings. The van der Waals surface area contributed by atoms with Crippen molar-refractivity contribution >= 4 is 22.0 Å². The highest BCUT2D eigenvalue weighted by Crippen LogP contribution is 2.27. The van der Waals surface area contributed by atoms with Gasteiger partial charge in [-0.25, -0.2) is 14.8 Å². The van der Waals surface area contributed by atoms with E-state index in [4.69, 9.17) is 4.74 Å². The van der Waals surface area contributed by atoms with Gasteiger partial charge in [-0.15, -0.1) is 0 Å². The molecule has 1 amide bonds. The lowest BCUT2D eigenvalue weighted by atomic mass is 10.2. The fraction of sp³-hybridized carbons (Fsp3) is 0.545. The van der Waals surface area contributed by atoms with Crippen LogP contribution in [0.5, 0.6) is 0 Å². The number of hydrogen-bond donors (Lipinski definition) is 0. The maximum absolute atomic E-state index is 11.9. The molecular formula is C11H14BrN3O2. The maximum Gasteiger partial charge on any atom is 0.410 e. The Morgan fingerprint density at radius 3 is 2.71 bits per heavy atom. The van der Waals surface area contributed by atoms with Gasteiger partial charge in [0.25, 0.3) is 0 Å². The van der Waals surface area contributed by atoms with E-state index in [0.29, 0.717) is 13.1 Å². The molecule has 1 aliphatic rings. The molecule has 0 radical (unpaired) electrons. The first-order chi connectivity index (χ1) is 7.87. The first-order valence-electron chi connectivity index (χ1n) is 5.33. The molecule has 0 unspecified atom stereocenters. The van der Waals surface area contributed by atoms with Crippen molar-refractivity contribution in [3.8, 4) is 0 Å². The third kappa shape index (κ3) is 2.74. The highest BCUT2D eigenvalue weighted by atomic mass is 79.9. The van der Waals surface area contributed by atoms with E-state index in [1.54, 1.807) is 4.90 Å². The summed E-state index contributed by atoms with van der Waals surface area (Å²) >= 11 is 3.36. The second kappa shape index (κ2) is 4.25. The van der Waals surface area contributed by atoms with E-state index in [1.807, 2.05) is 20.8 Å². The molecule has 5 nitrogen and oxygen atoms in total. The van der Waals surface area contributed by atoms with Crippen molar-refractivity contribution in [3.05, 3.63) is 22.2 Å². The van der Waals surface area contributed by atoms with Crippen LogP contribution in [0.4, 0.5) is 4.79 Å². The van der Waals surface area contributed by atoms with E-state index in [2.05, 4.69) is 25.9 Å². The number of hydrogen-bond acceptors (Lipinski definition) is 4. The van der Waals surface area contributed by atoms with Crippen LogP contribution in [0.1, 0.15) is 32.0 Å². The van der Waals surface area contributed by atoms with Crippen molar-refractivity contribution in [1.29, 1.82) is 0 Å². The highest BCUT2D eigenvalue weighted by molar-refractivity contribution is 9.10. The minimum absolute atomic E-state index is 0.317. The molecule has 1 aromatic rings. The smallest absolute Gasteiger partial charge is 0.410 e. The molecule has 6 heteroatoms. The van der Waals surface area contributed by atoms with E-state index < -0.39 is 5.60 Å². The van der Waals surface area contributed by atoms with Crippen molar-refractivity contribution in [2.45, 2.75) is 39.5 Å². The first kappa shape index (κ1) is 12.3. The fourth-order valence-electron chi connectivity index (χ4n) is 1.60. The molecular weight excluding hydrogens is 286 g/mol. The zero-order valence-corrected chi connectivity index (χ0v) is 11.6. The van der Waals surface area contributed by atoms with Crippen LogP contribution in [0.2, 0.25) is 0 Å². The van der Waals surface area contributed by atoms with Crippen LogP contribution >= 0.6 is 15.9 Å². The monoisotopic (exact) mass is 299 g/mol. The fourth-order valence-corrected chi connectivity index (χ4v) is 2.05. The van der Waals surface area contributed by atoms with Crippen LogP contribution in [-0.2, 0) is 17.8 Å². The molecule has 17 heavy (non-hydrogen) atoms. The molecule has 1 aromatic heterocycles.